The van der Waals surface area contributed by atoms with Crippen molar-refractivity contribution >= 4 is 17.5 Å². The summed E-state index contributed by atoms with van der Waals surface area (Å²) in [7, 11) is 0. The molecule has 0 spiro atoms. The number of para-hydroxylation sites is 1. The van der Waals surface area contributed by atoms with Crippen molar-refractivity contribution < 1.29 is 9.59 Å². The van der Waals surface area contributed by atoms with Crippen LogP contribution in [0.15, 0.2) is 24.3 Å². The minimum absolute atomic E-state index is 0.0120. The monoisotopic (exact) mass is 331 g/mol. The van der Waals surface area contributed by atoms with Crippen molar-refractivity contribution in [3.8, 4) is 0 Å². The van der Waals surface area contributed by atoms with Gasteiger partial charge >= 0.3 is 0 Å². The molecule has 2 atom stereocenters. The molecule has 24 heavy (non-hydrogen) atoms. The predicted octanol–water partition coefficient (Wildman–Crippen LogP) is 2.41. The average molecular weight is 331 g/mol. The molecule has 0 bridgehead atoms. The van der Waals surface area contributed by atoms with Crippen LogP contribution in [-0.2, 0) is 9.59 Å². The Kier molecular flexibility index (Phi) is 5.65. The Hall–Kier alpha value is -1.88. The highest BCUT2D eigenvalue weighted by molar-refractivity contribution is 6.00. The molecule has 2 amide bonds. The van der Waals surface area contributed by atoms with Gasteiger partial charge in [0.05, 0.1) is 5.92 Å². The minimum atomic E-state index is -0.457. The average Bonchev–Trinajstić information content (AvgIpc) is 2.93. The summed E-state index contributed by atoms with van der Waals surface area (Å²) >= 11 is 0. The maximum absolute atomic E-state index is 12.5. The third-order valence-electron chi connectivity index (χ3n) is 4.58. The van der Waals surface area contributed by atoms with Crippen molar-refractivity contribution in [2.75, 3.05) is 18.0 Å². The van der Waals surface area contributed by atoms with Crippen molar-refractivity contribution in [3.63, 3.8) is 0 Å². The van der Waals surface area contributed by atoms with Gasteiger partial charge in [-0.25, -0.2) is 0 Å². The molecule has 1 aromatic carbocycles. The molecule has 1 fully saturated rings. The maximum Gasteiger partial charge on any atom is 0.227 e. The molecule has 2 unspecified atom stereocenters. The molecule has 132 valence electrons. The zero-order valence-electron chi connectivity index (χ0n) is 15.1. The van der Waals surface area contributed by atoms with Crippen LogP contribution in [0.2, 0.25) is 0 Å². The van der Waals surface area contributed by atoms with Crippen LogP contribution in [0.1, 0.15) is 52.0 Å². The van der Waals surface area contributed by atoms with Gasteiger partial charge in [-0.05, 0) is 37.8 Å². The van der Waals surface area contributed by atoms with Crippen molar-refractivity contribution in [1.82, 2.24) is 5.32 Å². The first-order valence-corrected chi connectivity index (χ1v) is 8.68. The Balaban J connectivity index is 2.12. The number of hydrogen-bond acceptors (Lipinski definition) is 3. The highest BCUT2D eigenvalue weighted by atomic mass is 16.2. The first-order chi connectivity index (χ1) is 11.2. The number of amides is 2. The van der Waals surface area contributed by atoms with Gasteiger partial charge in [-0.1, -0.05) is 32.0 Å². The summed E-state index contributed by atoms with van der Waals surface area (Å²) in [5.41, 5.74) is 7.55. The van der Waals surface area contributed by atoms with Crippen LogP contribution in [0, 0.1) is 5.92 Å². The molecule has 1 aromatic rings. The molecule has 0 saturated carbocycles. The van der Waals surface area contributed by atoms with Gasteiger partial charge in [0.15, 0.2) is 0 Å². The Labute approximate surface area is 144 Å². The smallest absolute Gasteiger partial charge is 0.227 e. The van der Waals surface area contributed by atoms with Gasteiger partial charge in [-0.15, -0.1) is 0 Å². The molecule has 5 heteroatoms. The van der Waals surface area contributed by atoms with Gasteiger partial charge in [0.25, 0.3) is 0 Å². The van der Waals surface area contributed by atoms with Crippen molar-refractivity contribution in [3.05, 3.63) is 29.8 Å². The van der Waals surface area contributed by atoms with E-state index >= 15 is 0 Å². The number of rotatable bonds is 6. The fourth-order valence-electron chi connectivity index (χ4n) is 2.95. The van der Waals surface area contributed by atoms with Gasteiger partial charge in [-0.2, -0.15) is 0 Å². The Morgan fingerprint density at radius 2 is 2.08 bits per heavy atom. The van der Waals surface area contributed by atoms with Gasteiger partial charge in [0.1, 0.15) is 0 Å². The standard InChI is InChI=1S/C19H29N3O2/c1-5-13(2)15-8-6-7-9-16(15)22-11-14(10-17(22)23)18(24)21-12-19(3,4)20/h6-9,13-14H,5,10-12,20H2,1-4H3,(H,21,24). The van der Waals surface area contributed by atoms with E-state index in [2.05, 4.69) is 25.2 Å². The number of nitrogens with zero attached hydrogens (tertiary/aromatic N) is 1. The quantitative estimate of drug-likeness (QED) is 0.840. The van der Waals surface area contributed by atoms with Gasteiger partial charge in [-0.3, -0.25) is 9.59 Å². The Morgan fingerprint density at radius 3 is 2.71 bits per heavy atom. The normalized spacial score (nSPS) is 19.5. The topological polar surface area (TPSA) is 75.4 Å². The lowest BCUT2D eigenvalue weighted by molar-refractivity contribution is -0.126. The number of nitrogens with two attached hydrogens (primary N) is 1. The summed E-state index contributed by atoms with van der Waals surface area (Å²) in [6.07, 6.45) is 1.26. The molecule has 0 radical (unpaired) electrons. The van der Waals surface area contributed by atoms with E-state index in [0.717, 1.165) is 17.7 Å². The Morgan fingerprint density at radius 1 is 1.42 bits per heavy atom. The second kappa shape index (κ2) is 7.34. The molecule has 0 aromatic heterocycles. The van der Waals surface area contributed by atoms with Crippen LogP contribution in [0.3, 0.4) is 0 Å². The zero-order valence-corrected chi connectivity index (χ0v) is 15.1. The molecular formula is C19H29N3O2. The van der Waals surface area contributed by atoms with E-state index in [9.17, 15) is 9.59 Å². The number of nitrogens with one attached hydrogen (secondary N) is 1. The molecule has 1 saturated heterocycles. The molecule has 1 heterocycles. The summed E-state index contributed by atoms with van der Waals surface area (Å²) in [6.45, 7) is 8.86. The summed E-state index contributed by atoms with van der Waals surface area (Å²) in [5, 5.41) is 2.86. The number of carbonyl (C=O) groups excluding carboxylic acids is 2. The van der Waals surface area contributed by atoms with Crippen molar-refractivity contribution in [2.45, 2.75) is 52.0 Å². The van der Waals surface area contributed by atoms with E-state index in [1.807, 2.05) is 32.0 Å². The molecule has 1 aliphatic rings. The van der Waals surface area contributed by atoms with E-state index in [-0.39, 0.29) is 24.2 Å². The highest BCUT2D eigenvalue weighted by Gasteiger charge is 2.36. The fraction of sp³-hybridized carbons (Fsp3) is 0.579. The van der Waals surface area contributed by atoms with Gasteiger partial charge < -0.3 is 16.0 Å². The number of carbonyl (C=O) groups is 2. The van der Waals surface area contributed by atoms with E-state index in [4.69, 9.17) is 5.73 Å². The van der Waals surface area contributed by atoms with Crippen molar-refractivity contribution in [2.24, 2.45) is 11.7 Å². The minimum Gasteiger partial charge on any atom is -0.354 e. The summed E-state index contributed by atoms with van der Waals surface area (Å²) < 4.78 is 0. The molecule has 3 N–H and O–H groups in total. The largest absolute Gasteiger partial charge is 0.354 e. The van der Waals surface area contributed by atoms with E-state index in [1.165, 1.54) is 0 Å². The SMILES string of the molecule is CCC(C)c1ccccc1N1CC(C(=O)NCC(C)(C)N)CC1=O. The number of hydrogen-bond donors (Lipinski definition) is 2. The first-order valence-electron chi connectivity index (χ1n) is 8.68. The first kappa shape index (κ1) is 18.5. The van der Waals surface area contributed by atoms with Crippen LogP contribution in [0.5, 0.6) is 0 Å². The second-order valence-electron chi connectivity index (χ2n) is 7.48. The lowest BCUT2D eigenvalue weighted by Gasteiger charge is -2.23. The number of benzene rings is 1. The van der Waals surface area contributed by atoms with E-state index in [0.29, 0.717) is 19.0 Å². The third-order valence-corrected chi connectivity index (χ3v) is 4.58. The second-order valence-corrected chi connectivity index (χ2v) is 7.48. The van der Waals surface area contributed by atoms with Crippen LogP contribution < -0.4 is 16.0 Å². The van der Waals surface area contributed by atoms with Gasteiger partial charge in [0, 0.05) is 30.7 Å². The van der Waals surface area contributed by atoms with Gasteiger partial charge in [0.2, 0.25) is 11.8 Å². The molecule has 0 aliphatic carbocycles. The molecule has 1 aliphatic heterocycles. The predicted molar refractivity (Wildman–Crippen MR) is 96.9 cm³/mol. The van der Waals surface area contributed by atoms with Crippen LogP contribution >= 0.6 is 0 Å². The third kappa shape index (κ3) is 4.35. The summed E-state index contributed by atoms with van der Waals surface area (Å²) in [5.74, 6) is -0.0203. The fourth-order valence-corrected chi connectivity index (χ4v) is 2.95. The highest BCUT2D eigenvalue weighted by Crippen LogP contribution is 2.33. The zero-order chi connectivity index (χ0) is 17.9. The molecule has 2 rings (SSSR count). The summed E-state index contributed by atoms with van der Waals surface area (Å²) in [6, 6.07) is 7.99. The lowest BCUT2D eigenvalue weighted by atomic mass is 9.96. The Bertz CT molecular complexity index is 607. The van der Waals surface area contributed by atoms with Crippen LogP contribution in [-0.4, -0.2) is 30.4 Å². The van der Waals surface area contributed by atoms with E-state index < -0.39 is 5.54 Å². The maximum atomic E-state index is 12.5. The van der Waals surface area contributed by atoms with E-state index in [1.54, 1.807) is 4.90 Å². The van der Waals surface area contributed by atoms with Crippen molar-refractivity contribution in [1.29, 1.82) is 0 Å². The molecular weight excluding hydrogens is 302 g/mol. The van der Waals surface area contributed by atoms with Crippen LogP contribution in [0.25, 0.3) is 0 Å². The lowest BCUT2D eigenvalue weighted by Crippen LogP contribution is -2.46. The number of anilines is 1. The summed E-state index contributed by atoms with van der Waals surface area (Å²) in [4.78, 5) is 26.6. The van der Waals surface area contributed by atoms with Crippen LogP contribution in [0.4, 0.5) is 5.69 Å². The molecule has 5 nitrogen and oxygen atoms in total.